The summed E-state index contributed by atoms with van der Waals surface area (Å²) in [6, 6.07) is 6.12. The quantitative estimate of drug-likeness (QED) is 0.774. The van der Waals surface area contributed by atoms with Gasteiger partial charge in [-0.2, -0.15) is 15.4 Å². The molecule has 2 amide bonds. The van der Waals surface area contributed by atoms with Crippen LogP contribution in [0.3, 0.4) is 0 Å². The fourth-order valence-corrected chi connectivity index (χ4v) is 3.87. The van der Waals surface area contributed by atoms with Crippen LogP contribution in [0.25, 0.3) is 0 Å². The van der Waals surface area contributed by atoms with E-state index in [4.69, 9.17) is 0 Å². The van der Waals surface area contributed by atoms with Gasteiger partial charge in [0.15, 0.2) is 5.69 Å². The summed E-state index contributed by atoms with van der Waals surface area (Å²) in [5, 5.41) is 19.4. The second-order valence-electron chi connectivity index (χ2n) is 7.36. The molecule has 2 aliphatic heterocycles. The van der Waals surface area contributed by atoms with Gasteiger partial charge in [0, 0.05) is 19.6 Å². The zero-order valence-electron chi connectivity index (χ0n) is 14.9. The number of rotatable bonds is 4. The van der Waals surface area contributed by atoms with E-state index in [1.165, 1.54) is 22.1 Å². The van der Waals surface area contributed by atoms with Gasteiger partial charge in [-0.25, -0.2) is 8.78 Å². The molecule has 2 saturated heterocycles. The molecule has 3 heterocycles. The van der Waals surface area contributed by atoms with Crippen molar-refractivity contribution in [3.05, 3.63) is 47.5 Å². The SMILES string of the molecule is O=C(c1cn[nH]n1)N1CC(Cc2ccccc2F)(C(=O)N2C[C@@H](O)[C@H](F)C2)C1. The second kappa shape index (κ2) is 6.93. The molecule has 1 aromatic carbocycles. The Bertz CT molecular complexity index is 875. The number of likely N-dealkylation sites (tertiary alicyclic amines) is 2. The van der Waals surface area contributed by atoms with E-state index in [2.05, 4.69) is 15.4 Å². The van der Waals surface area contributed by atoms with Crippen molar-refractivity contribution in [3.63, 3.8) is 0 Å². The molecule has 2 atom stereocenters. The molecule has 8 nitrogen and oxygen atoms in total. The Morgan fingerprint density at radius 1 is 1.25 bits per heavy atom. The highest BCUT2D eigenvalue weighted by molar-refractivity contribution is 5.95. The number of benzene rings is 1. The maximum atomic E-state index is 14.2. The number of carbonyl (C=O) groups excluding carboxylic acids is 2. The maximum Gasteiger partial charge on any atom is 0.276 e. The van der Waals surface area contributed by atoms with Crippen LogP contribution < -0.4 is 0 Å². The topological polar surface area (TPSA) is 102 Å². The van der Waals surface area contributed by atoms with Crippen molar-refractivity contribution in [2.24, 2.45) is 5.41 Å². The first-order valence-electron chi connectivity index (χ1n) is 8.89. The highest BCUT2D eigenvalue weighted by atomic mass is 19.1. The molecule has 2 N–H and O–H groups in total. The monoisotopic (exact) mass is 391 g/mol. The van der Waals surface area contributed by atoms with Gasteiger partial charge in [0.05, 0.1) is 18.2 Å². The second-order valence-corrected chi connectivity index (χ2v) is 7.36. The van der Waals surface area contributed by atoms with Crippen LogP contribution in [0.15, 0.2) is 30.5 Å². The minimum atomic E-state index is -1.51. The summed E-state index contributed by atoms with van der Waals surface area (Å²) < 4.78 is 27.9. The normalized spacial score (nSPS) is 23.5. The molecule has 10 heteroatoms. The Hall–Kier alpha value is -2.88. The van der Waals surface area contributed by atoms with Crippen LogP contribution >= 0.6 is 0 Å². The zero-order valence-corrected chi connectivity index (χ0v) is 14.9. The molecule has 28 heavy (non-hydrogen) atoms. The molecule has 2 aromatic rings. The number of aliphatic hydroxyl groups excluding tert-OH is 1. The van der Waals surface area contributed by atoms with E-state index in [0.717, 1.165) is 0 Å². The van der Waals surface area contributed by atoms with Crippen molar-refractivity contribution >= 4 is 11.8 Å². The van der Waals surface area contributed by atoms with Gasteiger partial charge in [0.1, 0.15) is 18.1 Å². The van der Waals surface area contributed by atoms with Crippen LogP contribution in [0.4, 0.5) is 8.78 Å². The number of amides is 2. The minimum absolute atomic E-state index is 0.0510. The average molecular weight is 391 g/mol. The molecule has 0 unspecified atom stereocenters. The number of hydrogen-bond acceptors (Lipinski definition) is 5. The number of nitrogens with one attached hydrogen (secondary N) is 1. The van der Waals surface area contributed by atoms with Gasteiger partial charge in [0.2, 0.25) is 5.91 Å². The van der Waals surface area contributed by atoms with Crippen molar-refractivity contribution in [3.8, 4) is 0 Å². The molecule has 0 bridgehead atoms. The third-order valence-electron chi connectivity index (χ3n) is 5.36. The van der Waals surface area contributed by atoms with E-state index in [1.54, 1.807) is 18.2 Å². The van der Waals surface area contributed by atoms with E-state index in [-0.39, 0.29) is 44.2 Å². The fraction of sp³-hybridized carbons (Fsp3) is 0.444. The standard InChI is InChI=1S/C18H19F2N5O3/c19-12-4-2-1-3-11(12)5-18(17(28)24-7-13(20)15(26)8-24)9-25(10-18)16(27)14-6-21-23-22-14/h1-4,6,13,15,26H,5,7-10H2,(H,21,22,23)/t13-,15-/m1/s1. The van der Waals surface area contributed by atoms with Crippen LogP contribution in [0.5, 0.6) is 0 Å². The van der Waals surface area contributed by atoms with Gasteiger partial charge in [-0.3, -0.25) is 9.59 Å². The van der Waals surface area contributed by atoms with E-state index < -0.39 is 29.4 Å². The van der Waals surface area contributed by atoms with E-state index in [9.17, 15) is 23.5 Å². The summed E-state index contributed by atoms with van der Waals surface area (Å²) in [5.74, 6) is -1.23. The number of nitrogens with zero attached hydrogens (tertiary/aromatic N) is 4. The Labute approximate surface area is 159 Å². The van der Waals surface area contributed by atoms with Gasteiger partial charge in [-0.05, 0) is 18.1 Å². The minimum Gasteiger partial charge on any atom is -0.388 e. The molecule has 1 aromatic heterocycles. The van der Waals surface area contributed by atoms with Crippen molar-refractivity contribution in [2.45, 2.75) is 18.7 Å². The Morgan fingerprint density at radius 2 is 2.00 bits per heavy atom. The van der Waals surface area contributed by atoms with Crippen LogP contribution in [0.2, 0.25) is 0 Å². The fourth-order valence-electron chi connectivity index (χ4n) is 3.87. The van der Waals surface area contributed by atoms with Gasteiger partial charge in [-0.15, -0.1) is 0 Å². The van der Waals surface area contributed by atoms with Crippen LogP contribution in [-0.4, -0.2) is 80.6 Å². The zero-order chi connectivity index (χ0) is 19.9. The predicted molar refractivity (Wildman–Crippen MR) is 92.3 cm³/mol. The first-order chi connectivity index (χ1) is 13.4. The summed E-state index contributed by atoms with van der Waals surface area (Å²) in [6.45, 7) is -0.225. The number of alkyl halides is 1. The molecule has 4 rings (SSSR count). The van der Waals surface area contributed by atoms with Crippen molar-refractivity contribution in [2.75, 3.05) is 26.2 Å². The van der Waals surface area contributed by atoms with Gasteiger partial charge < -0.3 is 14.9 Å². The predicted octanol–water partition coefficient (Wildman–Crippen LogP) is 0.170. The third kappa shape index (κ3) is 3.13. The molecular formula is C18H19F2N5O3. The van der Waals surface area contributed by atoms with Crippen molar-refractivity contribution in [1.82, 2.24) is 25.2 Å². The highest BCUT2D eigenvalue weighted by Crippen LogP contribution is 2.38. The summed E-state index contributed by atoms with van der Waals surface area (Å²) in [5.41, 5.74) is -0.612. The largest absolute Gasteiger partial charge is 0.388 e. The average Bonchev–Trinajstić information content (AvgIpc) is 3.29. The van der Waals surface area contributed by atoms with Gasteiger partial charge in [0.25, 0.3) is 5.91 Å². The number of aromatic amines is 1. The molecular weight excluding hydrogens is 372 g/mol. The number of aromatic nitrogens is 3. The number of carbonyl (C=O) groups is 2. The van der Waals surface area contributed by atoms with Crippen molar-refractivity contribution < 1.29 is 23.5 Å². The summed E-state index contributed by atoms with van der Waals surface area (Å²) in [6.07, 6.45) is -1.39. The smallest absolute Gasteiger partial charge is 0.276 e. The molecule has 0 aliphatic carbocycles. The first kappa shape index (κ1) is 18.5. The lowest BCUT2D eigenvalue weighted by Gasteiger charge is -2.50. The summed E-state index contributed by atoms with van der Waals surface area (Å²) in [4.78, 5) is 28.3. The van der Waals surface area contributed by atoms with E-state index in [0.29, 0.717) is 5.56 Å². The van der Waals surface area contributed by atoms with Gasteiger partial charge in [-0.1, -0.05) is 18.2 Å². The van der Waals surface area contributed by atoms with E-state index in [1.807, 2.05) is 0 Å². The molecule has 0 spiro atoms. The lowest BCUT2D eigenvalue weighted by atomic mass is 9.73. The number of hydrogen-bond donors (Lipinski definition) is 2. The summed E-state index contributed by atoms with van der Waals surface area (Å²) >= 11 is 0. The lowest BCUT2D eigenvalue weighted by molar-refractivity contribution is -0.150. The maximum absolute atomic E-state index is 14.2. The van der Waals surface area contributed by atoms with Crippen LogP contribution in [0.1, 0.15) is 16.1 Å². The Balaban J connectivity index is 1.57. The van der Waals surface area contributed by atoms with Crippen molar-refractivity contribution in [1.29, 1.82) is 0 Å². The number of H-pyrrole nitrogens is 1. The van der Waals surface area contributed by atoms with Crippen LogP contribution in [0, 0.1) is 11.2 Å². The highest BCUT2D eigenvalue weighted by Gasteiger charge is 2.54. The number of halogens is 2. The number of aliphatic hydroxyl groups is 1. The number of β-amino-alcohol motifs (C(OH)–C–C–N with tert-alkyl or cyclic N) is 1. The molecule has 2 fully saturated rings. The Kier molecular flexibility index (Phi) is 4.58. The summed E-state index contributed by atoms with van der Waals surface area (Å²) in [7, 11) is 0. The molecule has 0 radical (unpaired) electrons. The lowest BCUT2D eigenvalue weighted by Crippen LogP contribution is -2.66. The molecule has 2 aliphatic rings. The molecule has 148 valence electrons. The molecule has 0 saturated carbocycles. The van der Waals surface area contributed by atoms with E-state index >= 15 is 0 Å². The third-order valence-corrected chi connectivity index (χ3v) is 5.36. The van der Waals surface area contributed by atoms with Gasteiger partial charge >= 0.3 is 0 Å². The first-order valence-corrected chi connectivity index (χ1v) is 8.89. The van der Waals surface area contributed by atoms with Crippen LogP contribution in [-0.2, 0) is 11.2 Å². The Morgan fingerprint density at radius 3 is 2.61 bits per heavy atom.